The van der Waals surface area contributed by atoms with Gasteiger partial charge in [0.05, 0.1) is 31.4 Å². The third-order valence-corrected chi connectivity index (χ3v) is 4.41. The molecule has 28 heavy (non-hydrogen) atoms. The van der Waals surface area contributed by atoms with Gasteiger partial charge >= 0.3 is 13.7 Å². The molecular formula is C16H26N3O8P. The Kier molecular flexibility index (Phi) is 9.53. The number of carbonyl (C=O) groups excluding carboxylic acids is 2. The first-order chi connectivity index (χ1) is 13.1. The molecule has 0 saturated heterocycles. The zero-order valence-electron chi connectivity index (χ0n) is 15.6. The van der Waals surface area contributed by atoms with Crippen LogP contribution in [-0.4, -0.2) is 53.6 Å². The second kappa shape index (κ2) is 11.1. The highest BCUT2D eigenvalue weighted by molar-refractivity contribution is 7.51. The molecule has 1 aromatic rings. The molecule has 12 heteroatoms. The first-order valence-electron chi connectivity index (χ1n) is 8.45. The molecule has 0 aliphatic rings. The maximum atomic E-state index is 12.3. The van der Waals surface area contributed by atoms with Crippen molar-refractivity contribution in [3.63, 3.8) is 0 Å². The van der Waals surface area contributed by atoms with Gasteiger partial charge < -0.3 is 20.5 Å². The van der Waals surface area contributed by atoms with Crippen LogP contribution in [0.4, 0.5) is 5.69 Å². The lowest BCUT2D eigenvalue weighted by Gasteiger charge is -2.28. The van der Waals surface area contributed by atoms with Gasteiger partial charge in [-0.2, -0.15) is 0 Å². The van der Waals surface area contributed by atoms with Crippen LogP contribution in [0, 0.1) is 0 Å². The molecule has 0 bridgehead atoms. The minimum atomic E-state index is -4.40. The van der Waals surface area contributed by atoms with Gasteiger partial charge in [0.2, 0.25) is 5.91 Å². The van der Waals surface area contributed by atoms with Crippen molar-refractivity contribution in [2.45, 2.75) is 38.5 Å². The highest BCUT2D eigenvalue weighted by Crippen LogP contribution is 2.40. The molecule has 11 nitrogen and oxygen atoms in total. The Morgan fingerprint density at radius 2 is 1.82 bits per heavy atom. The van der Waals surface area contributed by atoms with Crippen LogP contribution in [0.15, 0.2) is 30.3 Å². The molecule has 1 aromatic carbocycles. The highest BCUT2D eigenvalue weighted by Gasteiger charge is 2.32. The van der Waals surface area contributed by atoms with Crippen molar-refractivity contribution in [1.29, 1.82) is 0 Å². The predicted octanol–water partition coefficient (Wildman–Crippen LogP) is 0.0568. The van der Waals surface area contributed by atoms with E-state index < -0.39 is 50.9 Å². The van der Waals surface area contributed by atoms with Crippen molar-refractivity contribution in [3.05, 3.63) is 30.3 Å². The summed E-state index contributed by atoms with van der Waals surface area (Å²) in [5.74, 6) is -1.84. The smallest absolute Gasteiger partial charge is 0.390 e. The second-order valence-electron chi connectivity index (χ2n) is 5.81. The van der Waals surface area contributed by atoms with Gasteiger partial charge in [0.1, 0.15) is 6.10 Å². The normalized spacial score (nSPS) is 16.5. The van der Waals surface area contributed by atoms with Crippen LogP contribution in [-0.2, 0) is 28.0 Å². The van der Waals surface area contributed by atoms with Gasteiger partial charge in [-0.3, -0.25) is 14.2 Å². The van der Waals surface area contributed by atoms with Gasteiger partial charge in [-0.1, -0.05) is 18.2 Å². The summed E-state index contributed by atoms with van der Waals surface area (Å²) in [4.78, 5) is 28.5. The average Bonchev–Trinajstić information content (AvgIpc) is 2.63. The molecule has 6 N–H and O–H groups in total. The van der Waals surface area contributed by atoms with Crippen molar-refractivity contribution < 1.29 is 38.3 Å². The molecule has 1 unspecified atom stereocenters. The van der Waals surface area contributed by atoms with Gasteiger partial charge in [0, 0.05) is 0 Å². The molecule has 0 spiro atoms. The first kappa shape index (κ1) is 24.0. The van der Waals surface area contributed by atoms with E-state index in [1.807, 2.05) is 0 Å². The molecular weight excluding hydrogens is 393 g/mol. The van der Waals surface area contributed by atoms with Gasteiger partial charge in [0.25, 0.3) is 0 Å². The Labute approximate surface area is 162 Å². The SMILES string of the molecule is CCON(c1ccccc1)[C@@H](C)C(=O)OP(N)(=O)OC[C@@H](O)[C@@H](O)CC(N)=O. The summed E-state index contributed by atoms with van der Waals surface area (Å²) in [5.41, 5.74) is 10.8. The summed E-state index contributed by atoms with van der Waals surface area (Å²) >= 11 is 0. The van der Waals surface area contributed by atoms with Crippen LogP contribution in [0.1, 0.15) is 20.3 Å². The number of hydrogen-bond acceptors (Lipinski definition) is 9. The third kappa shape index (κ3) is 7.93. The molecule has 4 atom stereocenters. The number of nitrogens with two attached hydrogens (primary N) is 2. The van der Waals surface area contributed by atoms with Crippen molar-refractivity contribution >= 4 is 25.3 Å². The lowest BCUT2D eigenvalue weighted by molar-refractivity contribution is -0.138. The van der Waals surface area contributed by atoms with E-state index in [-0.39, 0.29) is 6.61 Å². The van der Waals surface area contributed by atoms with E-state index in [0.717, 1.165) is 0 Å². The number of carbonyl (C=O) groups is 2. The Bertz CT molecular complexity index is 690. The Hall–Kier alpha value is -2.01. The van der Waals surface area contributed by atoms with E-state index in [1.54, 1.807) is 37.3 Å². The number of aliphatic hydroxyl groups excluding tert-OH is 2. The molecule has 0 radical (unpaired) electrons. The van der Waals surface area contributed by atoms with E-state index in [4.69, 9.17) is 25.1 Å². The van der Waals surface area contributed by atoms with Crippen LogP contribution in [0.25, 0.3) is 0 Å². The van der Waals surface area contributed by atoms with E-state index in [1.165, 1.54) is 12.0 Å². The van der Waals surface area contributed by atoms with Gasteiger partial charge in [-0.05, 0) is 26.0 Å². The number of hydrogen-bond donors (Lipinski definition) is 4. The molecule has 0 fully saturated rings. The lowest BCUT2D eigenvalue weighted by atomic mass is 10.1. The number of hydroxylamine groups is 1. The van der Waals surface area contributed by atoms with Crippen LogP contribution in [0.3, 0.4) is 0 Å². The van der Waals surface area contributed by atoms with Gasteiger partial charge in [-0.25, -0.2) is 19.9 Å². The average molecular weight is 419 g/mol. The maximum absolute atomic E-state index is 12.3. The van der Waals surface area contributed by atoms with Gasteiger partial charge in [-0.15, -0.1) is 0 Å². The molecule has 0 aromatic heterocycles. The predicted molar refractivity (Wildman–Crippen MR) is 99.7 cm³/mol. The molecule has 0 saturated carbocycles. The topological polar surface area (TPSA) is 175 Å². The Morgan fingerprint density at radius 3 is 2.36 bits per heavy atom. The fourth-order valence-corrected chi connectivity index (χ4v) is 2.90. The van der Waals surface area contributed by atoms with Crippen molar-refractivity contribution in [2.24, 2.45) is 11.2 Å². The largest absolute Gasteiger partial charge is 0.458 e. The minimum Gasteiger partial charge on any atom is -0.390 e. The van der Waals surface area contributed by atoms with Gasteiger partial charge in [0.15, 0.2) is 6.04 Å². The van der Waals surface area contributed by atoms with Crippen molar-refractivity contribution in [2.75, 3.05) is 18.3 Å². The number of primary amides is 1. The summed E-state index contributed by atoms with van der Waals surface area (Å²) in [6, 6.07) is 7.66. The molecule has 0 aliphatic carbocycles. The zero-order chi connectivity index (χ0) is 21.3. The lowest BCUT2D eigenvalue weighted by Crippen LogP contribution is -2.40. The summed E-state index contributed by atoms with van der Waals surface area (Å²) in [5, 5.41) is 20.4. The van der Waals surface area contributed by atoms with Crippen molar-refractivity contribution in [1.82, 2.24) is 0 Å². The summed E-state index contributed by atoms with van der Waals surface area (Å²) in [6.45, 7) is 2.70. The molecule has 0 aliphatic heterocycles. The summed E-state index contributed by atoms with van der Waals surface area (Å²) in [6.07, 6.45) is -3.68. The molecule has 1 amide bonds. The molecule has 0 heterocycles. The quantitative estimate of drug-likeness (QED) is 0.268. The fraction of sp³-hybridized carbons (Fsp3) is 0.500. The van der Waals surface area contributed by atoms with Crippen molar-refractivity contribution in [3.8, 4) is 0 Å². The van der Waals surface area contributed by atoms with Crippen LogP contribution in [0.5, 0.6) is 0 Å². The molecule has 158 valence electrons. The first-order valence-corrected chi connectivity index (χ1v) is 10.1. The standard InChI is InChI=1S/C16H26N3O8P/c1-3-25-19(12-7-5-4-6-8-12)11(2)16(23)27-28(18,24)26-10-14(21)13(20)9-15(17)22/h4-8,11,13-14,20-21H,3,9-10H2,1-2H3,(H2,17,22)(H2,18,24)/t11-,13-,14+,28?/m0/s1. The Balaban J connectivity index is 2.69. The number of anilines is 1. The number of amides is 1. The molecule has 1 rings (SSSR count). The van der Waals surface area contributed by atoms with Crippen LogP contribution >= 0.6 is 7.75 Å². The number of nitrogens with zero attached hydrogens (tertiary/aromatic N) is 1. The number of benzene rings is 1. The van der Waals surface area contributed by atoms with Crippen LogP contribution in [0.2, 0.25) is 0 Å². The van der Waals surface area contributed by atoms with E-state index in [9.17, 15) is 24.4 Å². The van der Waals surface area contributed by atoms with E-state index in [0.29, 0.717) is 5.69 Å². The highest BCUT2D eigenvalue weighted by atomic mass is 31.2. The number of para-hydroxylation sites is 1. The zero-order valence-corrected chi connectivity index (χ0v) is 16.5. The number of rotatable bonds is 12. The summed E-state index contributed by atoms with van der Waals surface area (Å²) < 4.78 is 21.6. The van der Waals surface area contributed by atoms with Crippen LogP contribution < -0.4 is 16.3 Å². The number of aliphatic hydroxyl groups is 2. The second-order valence-corrected chi connectivity index (χ2v) is 7.33. The fourth-order valence-electron chi connectivity index (χ4n) is 2.08. The third-order valence-electron chi connectivity index (χ3n) is 3.47. The monoisotopic (exact) mass is 419 g/mol. The Morgan fingerprint density at radius 1 is 1.21 bits per heavy atom. The van der Waals surface area contributed by atoms with E-state index >= 15 is 0 Å². The van der Waals surface area contributed by atoms with E-state index in [2.05, 4.69) is 0 Å². The summed E-state index contributed by atoms with van der Waals surface area (Å²) in [7, 11) is -4.40. The minimum absolute atomic E-state index is 0.257. The maximum Gasteiger partial charge on any atom is 0.458 e.